The van der Waals surface area contributed by atoms with E-state index in [-0.39, 0.29) is 6.42 Å². The molecule has 3 N–H and O–H groups in total. The monoisotopic (exact) mass is 242 g/mol. The molecule has 1 heterocycles. The van der Waals surface area contributed by atoms with E-state index in [0.717, 1.165) is 16.5 Å². The Morgan fingerprint density at radius 2 is 1.94 bits per heavy atom. The molecule has 5 heteroatoms. The summed E-state index contributed by atoms with van der Waals surface area (Å²) in [7, 11) is 0. The molecular formula is C12H13F3N2. The van der Waals surface area contributed by atoms with Gasteiger partial charge in [0.15, 0.2) is 0 Å². The van der Waals surface area contributed by atoms with Gasteiger partial charge in [-0.1, -0.05) is 18.2 Å². The highest BCUT2D eigenvalue weighted by molar-refractivity contribution is 5.83. The van der Waals surface area contributed by atoms with Gasteiger partial charge in [-0.25, -0.2) is 0 Å². The topological polar surface area (TPSA) is 41.8 Å². The number of nitrogens with two attached hydrogens (primary N) is 1. The van der Waals surface area contributed by atoms with Crippen molar-refractivity contribution in [1.29, 1.82) is 0 Å². The van der Waals surface area contributed by atoms with Crippen LogP contribution in [0.5, 0.6) is 0 Å². The summed E-state index contributed by atoms with van der Waals surface area (Å²) < 4.78 is 36.5. The van der Waals surface area contributed by atoms with E-state index in [2.05, 4.69) is 4.98 Å². The van der Waals surface area contributed by atoms with E-state index in [1.807, 2.05) is 24.3 Å². The van der Waals surface area contributed by atoms with Gasteiger partial charge in [-0.3, -0.25) is 0 Å². The Morgan fingerprint density at radius 1 is 1.24 bits per heavy atom. The number of hydrogen-bond donors (Lipinski definition) is 2. The summed E-state index contributed by atoms with van der Waals surface area (Å²) in [5.41, 5.74) is 7.26. The molecule has 1 unspecified atom stereocenters. The van der Waals surface area contributed by atoms with Crippen molar-refractivity contribution >= 4 is 10.9 Å². The maximum Gasteiger partial charge on any atom is 0.390 e. The molecule has 92 valence electrons. The number of aromatic amines is 1. The molecule has 0 radical (unpaired) electrons. The third-order valence-corrected chi connectivity index (χ3v) is 2.65. The lowest BCUT2D eigenvalue weighted by Gasteiger charge is -2.13. The first-order valence-corrected chi connectivity index (χ1v) is 5.33. The highest BCUT2D eigenvalue weighted by Gasteiger charge is 2.30. The van der Waals surface area contributed by atoms with Gasteiger partial charge >= 0.3 is 6.18 Å². The van der Waals surface area contributed by atoms with Crippen molar-refractivity contribution in [3.8, 4) is 0 Å². The van der Waals surface area contributed by atoms with Crippen LogP contribution in [0.3, 0.4) is 0 Å². The smallest absolute Gasteiger partial charge is 0.361 e. The Labute approximate surface area is 96.6 Å². The molecule has 1 aromatic heterocycles. The second-order valence-electron chi connectivity index (χ2n) is 4.14. The third-order valence-electron chi connectivity index (χ3n) is 2.65. The van der Waals surface area contributed by atoms with E-state index >= 15 is 0 Å². The van der Waals surface area contributed by atoms with E-state index in [1.54, 1.807) is 6.20 Å². The zero-order valence-corrected chi connectivity index (χ0v) is 9.09. The first-order valence-electron chi connectivity index (χ1n) is 5.33. The SMILES string of the molecule is NC(Cc1c[nH]c2ccccc12)CC(F)(F)F. The van der Waals surface area contributed by atoms with Crippen LogP contribution in [0.25, 0.3) is 10.9 Å². The minimum absolute atomic E-state index is 0.226. The van der Waals surface area contributed by atoms with Gasteiger partial charge < -0.3 is 10.7 Å². The predicted octanol–water partition coefficient (Wildman–Crippen LogP) is 2.99. The number of para-hydroxylation sites is 1. The molecule has 2 aromatic rings. The zero-order chi connectivity index (χ0) is 12.5. The normalized spacial score (nSPS) is 14.1. The maximum absolute atomic E-state index is 12.2. The van der Waals surface area contributed by atoms with Crippen LogP contribution in [-0.2, 0) is 6.42 Å². The summed E-state index contributed by atoms with van der Waals surface area (Å²) >= 11 is 0. The first kappa shape index (κ1) is 12.0. The van der Waals surface area contributed by atoms with E-state index in [0.29, 0.717) is 0 Å². The van der Waals surface area contributed by atoms with Crippen molar-refractivity contribution in [2.75, 3.05) is 0 Å². The van der Waals surface area contributed by atoms with Crippen LogP contribution in [0.4, 0.5) is 13.2 Å². The molecule has 0 fully saturated rings. The van der Waals surface area contributed by atoms with Gasteiger partial charge in [-0.2, -0.15) is 13.2 Å². The number of benzene rings is 1. The summed E-state index contributed by atoms with van der Waals surface area (Å²) in [6.07, 6.45) is -3.21. The minimum Gasteiger partial charge on any atom is -0.361 e. The molecule has 0 bridgehead atoms. The molecule has 17 heavy (non-hydrogen) atoms. The maximum atomic E-state index is 12.2. The van der Waals surface area contributed by atoms with Crippen LogP contribution < -0.4 is 5.73 Å². The fraction of sp³-hybridized carbons (Fsp3) is 0.333. The minimum atomic E-state index is -4.20. The molecule has 1 atom stereocenters. The van der Waals surface area contributed by atoms with Crippen molar-refractivity contribution in [1.82, 2.24) is 4.98 Å². The van der Waals surface area contributed by atoms with Crippen molar-refractivity contribution < 1.29 is 13.2 Å². The number of nitrogens with one attached hydrogen (secondary N) is 1. The number of fused-ring (bicyclic) bond motifs is 1. The van der Waals surface area contributed by atoms with Crippen molar-refractivity contribution in [2.24, 2.45) is 5.73 Å². The highest BCUT2D eigenvalue weighted by atomic mass is 19.4. The van der Waals surface area contributed by atoms with E-state index in [9.17, 15) is 13.2 Å². The molecule has 0 aliphatic heterocycles. The van der Waals surface area contributed by atoms with E-state index in [4.69, 9.17) is 5.73 Å². The molecule has 0 amide bonds. The van der Waals surface area contributed by atoms with Crippen LogP contribution in [0.1, 0.15) is 12.0 Å². The first-order chi connectivity index (χ1) is 7.96. The lowest BCUT2D eigenvalue weighted by atomic mass is 10.0. The molecule has 0 saturated heterocycles. The number of aromatic nitrogens is 1. The summed E-state index contributed by atoms with van der Waals surface area (Å²) in [4.78, 5) is 3.02. The van der Waals surface area contributed by atoms with Crippen LogP contribution >= 0.6 is 0 Å². The predicted molar refractivity (Wildman–Crippen MR) is 60.7 cm³/mol. The van der Waals surface area contributed by atoms with Gasteiger partial charge in [-0.15, -0.1) is 0 Å². The Morgan fingerprint density at radius 3 is 2.65 bits per heavy atom. The average Bonchev–Trinajstić information content (AvgIpc) is 2.59. The Kier molecular flexibility index (Phi) is 3.11. The Hall–Kier alpha value is -1.49. The van der Waals surface area contributed by atoms with Crippen molar-refractivity contribution in [2.45, 2.75) is 25.1 Å². The second-order valence-corrected chi connectivity index (χ2v) is 4.14. The fourth-order valence-electron chi connectivity index (χ4n) is 1.95. The molecule has 0 aliphatic carbocycles. The summed E-state index contributed by atoms with van der Waals surface area (Å²) in [6, 6.07) is 6.59. The van der Waals surface area contributed by atoms with Crippen LogP contribution in [0, 0.1) is 0 Å². The van der Waals surface area contributed by atoms with Crippen molar-refractivity contribution in [3.63, 3.8) is 0 Å². The molecule has 0 saturated carbocycles. The molecule has 2 nitrogen and oxygen atoms in total. The lowest BCUT2D eigenvalue weighted by molar-refractivity contribution is -0.138. The molecular weight excluding hydrogens is 229 g/mol. The number of alkyl halides is 3. The van der Waals surface area contributed by atoms with Gasteiger partial charge in [-0.05, 0) is 18.1 Å². The van der Waals surface area contributed by atoms with Gasteiger partial charge in [0.25, 0.3) is 0 Å². The quantitative estimate of drug-likeness (QED) is 0.853. The highest BCUT2D eigenvalue weighted by Crippen LogP contribution is 2.24. The third kappa shape index (κ3) is 3.00. The molecule has 2 rings (SSSR count). The zero-order valence-electron chi connectivity index (χ0n) is 9.09. The summed E-state index contributed by atoms with van der Waals surface area (Å²) in [5.74, 6) is 0. The lowest BCUT2D eigenvalue weighted by Crippen LogP contribution is -2.29. The molecule has 0 aliphatic rings. The van der Waals surface area contributed by atoms with Gasteiger partial charge in [0.1, 0.15) is 0 Å². The van der Waals surface area contributed by atoms with Crippen LogP contribution in [-0.4, -0.2) is 17.2 Å². The van der Waals surface area contributed by atoms with E-state index < -0.39 is 18.6 Å². The van der Waals surface area contributed by atoms with Crippen LogP contribution in [0.15, 0.2) is 30.5 Å². The fourth-order valence-corrected chi connectivity index (χ4v) is 1.95. The Bertz CT molecular complexity index is 502. The number of halogens is 3. The van der Waals surface area contributed by atoms with Gasteiger partial charge in [0.2, 0.25) is 0 Å². The number of rotatable bonds is 3. The Balaban J connectivity index is 2.13. The largest absolute Gasteiger partial charge is 0.390 e. The number of H-pyrrole nitrogens is 1. The van der Waals surface area contributed by atoms with Gasteiger partial charge in [0, 0.05) is 23.1 Å². The van der Waals surface area contributed by atoms with Gasteiger partial charge in [0.05, 0.1) is 6.42 Å². The second kappa shape index (κ2) is 4.41. The molecule has 1 aromatic carbocycles. The van der Waals surface area contributed by atoms with Crippen molar-refractivity contribution in [3.05, 3.63) is 36.0 Å². The number of hydrogen-bond acceptors (Lipinski definition) is 1. The molecule has 0 spiro atoms. The standard InChI is InChI=1S/C12H13F3N2/c13-12(14,15)6-9(16)5-8-7-17-11-4-2-1-3-10(8)11/h1-4,7,9,17H,5-6,16H2. The van der Waals surface area contributed by atoms with Crippen LogP contribution in [0.2, 0.25) is 0 Å². The summed E-state index contributed by atoms with van der Waals surface area (Å²) in [6.45, 7) is 0. The average molecular weight is 242 g/mol. The van der Waals surface area contributed by atoms with E-state index in [1.165, 1.54) is 0 Å². The summed E-state index contributed by atoms with van der Waals surface area (Å²) in [5, 5.41) is 0.935.